The number of benzene rings is 1. The molecule has 1 atom stereocenters. The lowest BCUT2D eigenvalue weighted by Gasteiger charge is -2.14. The Bertz CT molecular complexity index is 1080. The van der Waals surface area contributed by atoms with Crippen molar-refractivity contribution >= 4 is 21.7 Å². The number of esters is 1. The largest absolute Gasteiger partial charge is 0.451 e. The highest BCUT2D eigenvalue weighted by Gasteiger charge is 2.30. The second kappa shape index (κ2) is 8.17. The van der Waals surface area contributed by atoms with Crippen LogP contribution in [-0.2, 0) is 32.2 Å². The highest BCUT2D eigenvalue weighted by Crippen LogP contribution is 2.27. The Morgan fingerprint density at radius 1 is 1.20 bits per heavy atom. The maximum Gasteiger partial charge on any atom is 0.359 e. The second-order valence-corrected chi connectivity index (χ2v) is 9.84. The number of hydrogen-bond acceptors (Lipinski definition) is 6. The van der Waals surface area contributed by atoms with E-state index in [1.54, 1.807) is 16.8 Å². The smallest absolute Gasteiger partial charge is 0.359 e. The van der Waals surface area contributed by atoms with Crippen LogP contribution in [0.15, 0.2) is 24.3 Å². The summed E-state index contributed by atoms with van der Waals surface area (Å²) in [4.78, 5) is 24.7. The Balaban J connectivity index is 1.46. The summed E-state index contributed by atoms with van der Waals surface area (Å²) in [5.41, 5.74) is 2.48. The van der Waals surface area contributed by atoms with E-state index in [1.807, 2.05) is 0 Å². The van der Waals surface area contributed by atoms with E-state index in [2.05, 4.69) is 10.4 Å². The van der Waals surface area contributed by atoms with Crippen molar-refractivity contribution in [1.82, 2.24) is 15.1 Å². The van der Waals surface area contributed by atoms with E-state index >= 15 is 0 Å². The first kappa shape index (κ1) is 20.5. The number of carbonyl (C=O) groups is 2. The van der Waals surface area contributed by atoms with Gasteiger partial charge in [-0.25, -0.2) is 22.3 Å². The molecule has 1 aliphatic carbocycles. The number of fused-ring (bicyclic) bond motifs is 1. The lowest BCUT2D eigenvalue weighted by atomic mass is 9.95. The van der Waals surface area contributed by atoms with Crippen LogP contribution in [0, 0.1) is 5.82 Å². The summed E-state index contributed by atoms with van der Waals surface area (Å²) in [6.45, 7) is -0.506. The summed E-state index contributed by atoms with van der Waals surface area (Å²) in [7, 11) is -3.11. The van der Waals surface area contributed by atoms with Crippen molar-refractivity contribution in [2.24, 2.45) is 0 Å². The molecular weight excluding hydrogens is 413 g/mol. The zero-order chi connectivity index (χ0) is 21.3. The summed E-state index contributed by atoms with van der Waals surface area (Å²) in [5.74, 6) is -1.66. The van der Waals surface area contributed by atoms with Gasteiger partial charge < -0.3 is 10.1 Å². The number of hydrogen-bond donors (Lipinski definition) is 1. The molecular formula is C20H22FN3O5S. The second-order valence-electron chi connectivity index (χ2n) is 7.61. The summed E-state index contributed by atoms with van der Waals surface area (Å²) in [6.07, 6.45) is 3.65. The molecule has 1 unspecified atom stereocenters. The first-order chi connectivity index (χ1) is 14.3. The summed E-state index contributed by atoms with van der Waals surface area (Å²) < 4.78 is 43.0. The molecule has 30 heavy (non-hydrogen) atoms. The van der Waals surface area contributed by atoms with Gasteiger partial charge in [-0.1, -0.05) is 0 Å². The number of amides is 1. The summed E-state index contributed by atoms with van der Waals surface area (Å²) in [6, 6.07) is 5.40. The molecule has 1 fully saturated rings. The van der Waals surface area contributed by atoms with Gasteiger partial charge in [-0.2, -0.15) is 5.10 Å². The Hall–Kier alpha value is -2.75. The minimum Gasteiger partial charge on any atom is -0.451 e. The third kappa shape index (κ3) is 4.38. The molecule has 0 bridgehead atoms. The van der Waals surface area contributed by atoms with Crippen LogP contribution < -0.4 is 5.32 Å². The number of ether oxygens (including phenoxy) is 1. The van der Waals surface area contributed by atoms with Crippen molar-refractivity contribution < 1.29 is 27.1 Å². The predicted molar refractivity (Wildman–Crippen MR) is 106 cm³/mol. The van der Waals surface area contributed by atoms with Crippen LogP contribution >= 0.6 is 0 Å². The van der Waals surface area contributed by atoms with Crippen LogP contribution in [0.5, 0.6) is 0 Å². The first-order valence-electron chi connectivity index (χ1n) is 9.86. The lowest BCUT2D eigenvalue weighted by Crippen LogP contribution is -2.38. The van der Waals surface area contributed by atoms with Gasteiger partial charge in [-0.15, -0.1) is 0 Å². The molecule has 2 heterocycles. The van der Waals surface area contributed by atoms with Crippen LogP contribution in [0.25, 0.3) is 5.69 Å². The maximum absolute atomic E-state index is 13.3. The molecule has 1 aromatic carbocycles. The van der Waals surface area contributed by atoms with E-state index in [9.17, 15) is 22.4 Å². The number of sulfone groups is 1. The molecule has 10 heteroatoms. The van der Waals surface area contributed by atoms with Gasteiger partial charge in [0, 0.05) is 17.3 Å². The predicted octanol–water partition coefficient (Wildman–Crippen LogP) is 1.35. The maximum atomic E-state index is 13.3. The van der Waals surface area contributed by atoms with Crippen LogP contribution in [0.4, 0.5) is 4.39 Å². The van der Waals surface area contributed by atoms with Gasteiger partial charge in [0.2, 0.25) is 0 Å². The Labute approximate surface area is 173 Å². The van der Waals surface area contributed by atoms with Crippen molar-refractivity contribution in [2.45, 2.75) is 38.1 Å². The van der Waals surface area contributed by atoms with Gasteiger partial charge in [0.25, 0.3) is 5.91 Å². The fourth-order valence-corrected chi connectivity index (χ4v) is 5.61. The Morgan fingerprint density at radius 3 is 2.63 bits per heavy atom. The van der Waals surface area contributed by atoms with Gasteiger partial charge >= 0.3 is 5.97 Å². The van der Waals surface area contributed by atoms with Gasteiger partial charge in [-0.3, -0.25) is 4.79 Å². The number of nitrogens with one attached hydrogen (secondary N) is 1. The SMILES string of the molecule is O=C(COC(=O)c1nn(-c2ccc(F)cc2)c2c1CCCC2)NC1CCS(=O)(=O)C1. The molecule has 0 radical (unpaired) electrons. The molecule has 1 aliphatic heterocycles. The number of nitrogens with zero attached hydrogens (tertiary/aromatic N) is 2. The molecule has 8 nitrogen and oxygen atoms in total. The normalized spacial score (nSPS) is 19.8. The number of rotatable bonds is 5. The third-order valence-corrected chi connectivity index (χ3v) is 7.14. The first-order valence-corrected chi connectivity index (χ1v) is 11.7. The molecule has 0 saturated carbocycles. The molecule has 1 N–H and O–H groups in total. The minimum atomic E-state index is -3.11. The monoisotopic (exact) mass is 435 g/mol. The molecule has 2 aliphatic rings. The average Bonchev–Trinajstić information content (AvgIpc) is 3.27. The standard InChI is InChI=1S/C20H22FN3O5S/c21-13-5-7-15(8-6-13)24-17-4-2-1-3-16(17)19(23-24)20(26)29-11-18(25)22-14-9-10-30(27,28)12-14/h5-8,14H,1-4,9-12H2,(H,22,25). The van der Waals surface area contributed by atoms with Crippen molar-refractivity contribution in [3.8, 4) is 5.69 Å². The van der Waals surface area contributed by atoms with Gasteiger partial charge in [0.15, 0.2) is 22.1 Å². The number of carbonyl (C=O) groups excluding carboxylic acids is 2. The summed E-state index contributed by atoms with van der Waals surface area (Å²) >= 11 is 0. The lowest BCUT2D eigenvalue weighted by molar-refractivity contribution is -0.124. The highest BCUT2D eigenvalue weighted by molar-refractivity contribution is 7.91. The topological polar surface area (TPSA) is 107 Å². The zero-order valence-corrected chi connectivity index (χ0v) is 17.1. The molecule has 1 aromatic heterocycles. The van der Waals surface area contributed by atoms with Crippen molar-refractivity contribution in [3.63, 3.8) is 0 Å². The quantitative estimate of drug-likeness (QED) is 0.711. The van der Waals surface area contributed by atoms with Crippen LogP contribution in [0.2, 0.25) is 0 Å². The fourth-order valence-electron chi connectivity index (χ4n) is 3.94. The van der Waals surface area contributed by atoms with E-state index in [0.29, 0.717) is 18.5 Å². The number of aromatic nitrogens is 2. The highest BCUT2D eigenvalue weighted by atomic mass is 32.2. The molecule has 1 saturated heterocycles. The van der Waals surface area contributed by atoms with Gasteiger partial charge in [0.1, 0.15) is 5.82 Å². The van der Waals surface area contributed by atoms with Crippen LogP contribution in [0.1, 0.15) is 41.0 Å². The average molecular weight is 435 g/mol. The van der Waals surface area contributed by atoms with Crippen LogP contribution in [0.3, 0.4) is 0 Å². The Kier molecular flexibility index (Phi) is 5.59. The van der Waals surface area contributed by atoms with Crippen molar-refractivity contribution in [2.75, 3.05) is 18.1 Å². The third-order valence-electron chi connectivity index (χ3n) is 5.38. The van der Waals surface area contributed by atoms with Gasteiger partial charge in [-0.05, 0) is 56.4 Å². The van der Waals surface area contributed by atoms with Crippen molar-refractivity contribution in [3.05, 3.63) is 47.0 Å². The molecule has 160 valence electrons. The van der Waals surface area contributed by atoms with E-state index in [0.717, 1.165) is 30.5 Å². The van der Waals surface area contributed by atoms with E-state index in [-0.39, 0.29) is 23.0 Å². The van der Waals surface area contributed by atoms with E-state index in [4.69, 9.17) is 4.74 Å². The molecule has 0 spiro atoms. The zero-order valence-electron chi connectivity index (χ0n) is 16.3. The minimum absolute atomic E-state index is 0.0463. The molecule has 2 aromatic rings. The van der Waals surface area contributed by atoms with Crippen LogP contribution in [-0.4, -0.2) is 54.2 Å². The number of halogens is 1. The van der Waals surface area contributed by atoms with Gasteiger partial charge in [0.05, 0.1) is 17.2 Å². The Morgan fingerprint density at radius 2 is 1.93 bits per heavy atom. The fraction of sp³-hybridized carbons (Fsp3) is 0.450. The van der Waals surface area contributed by atoms with E-state index < -0.39 is 34.4 Å². The molecule has 1 amide bonds. The summed E-state index contributed by atoms with van der Waals surface area (Å²) in [5, 5.41) is 6.98. The van der Waals surface area contributed by atoms with E-state index in [1.165, 1.54) is 12.1 Å². The van der Waals surface area contributed by atoms with Crippen molar-refractivity contribution in [1.29, 1.82) is 0 Å². The molecule has 4 rings (SSSR count).